The molecule has 0 spiro atoms. The lowest BCUT2D eigenvalue weighted by Gasteiger charge is -2.18. The summed E-state index contributed by atoms with van der Waals surface area (Å²) in [6, 6.07) is 7.27. The van der Waals surface area contributed by atoms with Crippen LogP contribution in [0.25, 0.3) is 0 Å². The zero-order valence-electron chi connectivity index (χ0n) is 10.4. The molecule has 1 N–H and O–H groups in total. The number of benzene rings is 1. The van der Waals surface area contributed by atoms with Crippen LogP contribution in [0.15, 0.2) is 33.8 Å². The molecule has 0 aliphatic heterocycles. The molecule has 1 fully saturated rings. The van der Waals surface area contributed by atoms with Gasteiger partial charge >= 0.3 is 0 Å². The molecule has 1 aliphatic rings. The van der Waals surface area contributed by atoms with Gasteiger partial charge in [0.25, 0.3) is 5.91 Å². The molecule has 4 heteroatoms. The van der Waals surface area contributed by atoms with Gasteiger partial charge in [0, 0.05) is 15.7 Å². The molecule has 0 aromatic heterocycles. The molecule has 1 aromatic carbocycles. The summed E-state index contributed by atoms with van der Waals surface area (Å²) < 4.78 is 0.964. The summed E-state index contributed by atoms with van der Waals surface area (Å²) in [4.78, 5) is 11.8. The van der Waals surface area contributed by atoms with Crippen molar-refractivity contribution in [2.75, 3.05) is 0 Å². The van der Waals surface area contributed by atoms with Crippen molar-refractivity contribution in [1.82, 2.24) is 5.43 Å². The highest BCUT2D eigenvalue weighted by atomic mass is 79.9. The van der Waals surface area contributed by atoms with E-state index in [-0.39, 0.29) is 5.91 Å². The molecular weight excluding hydrogens is 292 g/mol. The highest BCUT2D eigenvalue weighted by Gasteiger charge is 2.14. The summed E-state index contributed by atoms with van der Waals surface area (Å²) in [5.41, 5.74) is 4.38. The Morgan fingerprint density at radius 2 is 2.11 bits per heavy atom. The molecule has 1 aliphatic carbocycles. The Kier molecular flexibility index (Phi) is 4.53. The molecule has 1 amide bonds. The van der Waals surface area contributed by atoms with E-state index < -0.39 is 0 Å². The summed E-state index contributed by atoms with van der Waals surface area (Å²) in [5.74, 6) is 0.537. The Morgan fingerprint density at radius 3 is 2.78 bits per heavy atom. The van der Waals surface area contributed by atoms with Crippen molar-refractivity contribution in [2.24, 2.45) is 11.0 Å². The van der Waals surface area contributed by atoms with Crippen LogP contribution in [-0.2, 0) is 0 Å². The van der Waals surface area contributed by atoms with E-state index in [0.717, 1.165) is 23.0 Å². The van der Waals surface area contributed by atoms with Crippen LogP contribution < -0.4 is 5.43 Å². The Labute approximate surface area is 116 Å². The molecule has 3 nitrogen and oxygen atoms in total. The van der Waals surface area contributed by atoms with Gasteiger partial charge in [-0.05, 0) is 55.9 Å². The van der Waals surface area contributed by atoms with E-state index in [1.807, 2.05) is 12.1 Å². The number of nitrogens with one attached hydrogen (secondary N) is 1. The number of carbonyl (C=O) groups is 1. The van der Waals surface area contributed by atoms with E-state index in [2.05, 4.69) is 33.4 Å². The summed E-state index contributed by atoms with van der Waals surface area (Å²) in [6.07, 6.45) is 4.44. The van der Waals surface area contributed by atoms with Crippen LogP contribution >= 0.6 is 15.9 Å². The molecule has 1 aromatic rings. The molecule has 1 saturated carbocycles. The second kappa shape index (κ2) is 6.14. The predicted octanol–water partition coefficient (Wildman–Crippen LogP) is 3.75. The fourth-order valence-corrected chi connectivity index (χ4v) is 2.42. The van der Waals surface area contributed by atoms with Crippen LogP contribution in [-0.4, -0.2) is 11.6 Å². The van der Waals surface area contributed by atoms with Gasteiger partial charge in [0.2, 0.25) is 0 Å². The van der Waals surface area contributed by atoms with Crippen molar-refractivity contribution in [2.45, 2.75) is 32.6 Å². The molecule has 1 unspecified atom stereocenters. The van der Waals surface area contributed by atoms with Gasteiger partial charge in [-0.1, -0.05) is 22.9 Å². The van der Waals surface area contributed by atoms with Gasteiger partial charge in [0.15, 0.2) is 0 Å². The van der Waals surface area contributed by atoms with E-state index in [4.69, 9.17) is 0 Å². The van der Waals surface area contributed by atoms with E-state index in [1.54, 1.807) is 12.1 Å². The van der Waals surface area contributed by atoms with Crippen LogP contribution in [0.2, 0.25) is 0 Å². The largest absolute Gasteiger partial charge is 0.271 e. The van der Waals surface area contributed by atoms with E-state index in [1.165, 1.54) is 12.8 Å². The van der Waals surface area contributed by atoms with E-state index in [0.29, 0.717) is 11.5 Å². The molecule has 96 valence electrons. The summed E-state index contributed by atoms with van der Waals surface area (Å²) in [7, 11) is 0. The first-order valence-electron chi connectivity index (χ1n) is 6.26. The number of hydrogen-bond acceptors (Lipinski definition) is 2. The van der Waals surface area contributed by atoms with Crippen LogP contribution in [0.4, 0.5) is 0 Å². The number of nitrogens with zero attached hydrogens (tertiary/aromatic N) is 1. The van der Waals surface area contributed by atoms with Crippen molar-refractivity contribution < 1.29 is 4.79 Å². The standard InChI is InChI=1S/C14H17BrN2O/c1-10-3-2-4-13(9-10)16-17-14(18)11-5-7-12(15)8-6-11/h5-8,10H,2-4,9H2,1H3,(H,17,18)/b16-13+. The molecule has 18 heavy (non-hydrogen) atoms. The van der Waals surface area contributed by atoms with E-state index >= 15 is 0 Å². The first-order chi connectivity index (χ1) is 8.65. The third kappa shape index (κ3) is 3.67. The second-order valence-electron chi connectivity index (χ2n) is 4.83. The van der Waals surface area contributed by atoms with Gasteiger partial charge < -0.3 is 0 Å². The van der Waals surface area contributed by atoms with Crippen molar-refractivity contribution in [3.05, 3.63) is 34.3 Å². The molecule has 2 rings (SSSR count). The third-order valence-corrected chi connectivity index (χ3v) is 3.70. The molecule has 1 atom stereocenters. The minimum atomic E-state index is -0.145. The minimum absolute atomic E-state index is 0.145. The summed E-state index contributed by atoms with van der Waals surface area (Å²) >= 11 is 3.34. The Morgan fingerprint density at radius 1 is 1.39 bits per heavy atom. The lowest BCUT2D eigenvalue weighted by atomic mass is 9.89. The SMILES string of the molecule is CC1CCC/C(=N\NC(=O)c2ccc(Br)cc2)C1. The topological polar surface area (TPSA) is 41.5 Å². The molecular formula is C14H17BrN2O. The molecule has 0 bridgehead atoms. The Bertz CT molecular complexity index is 453. The predicted molar refractivity (Wildman–Crippen MR) is 76.7 cm³/mol. The third-order valence-electron chi connectivity index (χ3n) is 3.17. The first-order valence-corrected chi connectivity index (χ1v) is 7.06. The molecule has 0 saturated heterocycles. The number of hydrogen-bond donors (Lipinski definition) is 1. The average molecular weight is 309 g/mol. The Balaban J connectivity index is 1.95. The lowest BCUT2D eigenvalue weighted by Crippen LogP contribution is -2.22. The molecule has 0 heterocycles. The van der Waals surface area contributed by atoms with Gasteiger partial charge in [0.05, 0.1) is 0 Å². The van der Waals surface area contributed by atoms with Gasteiger partial charge in [-0.25, -0.2) is 5.43 Å². The van der Waals surface area contributed by atoms with Crippen molar-refractivity contribution >= 4 is 27.5 Å². The van der Waals surface area contributed by atoms with Crippen molar-refractivity contribution in [3.8, 4) is 0 Å². The Hall–Kier alpha value is -1.16. The maximum Gasteiger partial charge on any atom is 0.271 e. The summed E-state index contributed by atoms with van der Waals surface area (Å²) in [6.45, 7) is 2.23. The summed E-state index contributed by atoms with van der Waals surface area (Å²) in [5, 5.41) is 4.24. The van der Waals surface area contributed by atoms with Gasteiger partial charge in [-0.3, -0.25) is 4.79 Å². The van der Waals surface area contributed by atoms with E-state index in [9.17, 15) is 4.79 Å². The fourth-order valence-electron chi connectivity index (χ4n) is 2.16. The fraction of sp³-hybridized carbons (Fsp3) is 0.429. The number of carbonyl (C=O) groups excluding carboxylic acids is 1. The quantitative estimate of drug-likeness (QED) is 0.831. The smallest absolute Gasteiger partial charge is 0.267 e. The van der Waals surface area contributed by atoms with Gasteiger partial charge in [-0.2, -0.15) is 5.10 Å². The number of amides is 1. The second-order valence-corrected chi connectivity index (χ2v) is 5.74. The van der Waals surface area contributed by atoms with Crippen LogP contribution in [0, 0.1) is 5.92 Å². The average Bonchev–Trinajstić information content (AvgIpc) is 2.37. The molecule has 0 radical (unpaired) electrons. The van der Waals surface area contributed by atoms with Gasteiger partial charge in [0.1, 0.15) is 0 Å². The monoisotopic (exact) mass is 308 g/mol. The minimum Gasteiger partial charge on any atom is -0.267 e. The highest BCUT2D eigenvalue weighted by molar-refractivity contribution is 9.10. The van der Waals surface area contributed by atoms with Crippen LogP contribution in [0.5, 0.6) is 0 Å². The number of rotatable bonds is 2. The number of halogens is 1. The maximum absolute atomic E-state index is 11.8. The van der Waals surface area contributed by atoms with Crippen LogP contribution in [0.1, 0.15) is 43.0 Å². The number of hydrazone groups is 1. The normalized spacial score (nSPS) is 21.9. The lowest BCUT2D eigenvalue weighted by molar-refractivity contribution is 0.0954. The highest BCUT2D eigenvalue weighted by Crippen LogP contribution is 2.21. The van der Waals surface area contributed by atoms with Crippen molar-refractivity contribution in [1.29, 1.82) is 0 Å². The van der Waals surface area contributed by atoms with Crippen LogP contribution in [0.3, 0.4) is 0 Å². The maximum atomic E-state index is 11.8. The first kappa shape index (κ1) is 13.3. The van der Waals surface area contributed by atoms with Crippen molar-refractivity contribution in [3.63, 3.8) is 0 Å². The zero-order valence-corrected chi connectivity index (χ0v) is 12.0. The zero-order chi connectivity index (χ0) is 13.0. The van der Waals surface area contributed by atoms with Gasteiger partial charge in [-0.15, -0.1) is 0 Å².